The molecule has 3 heteroatoms. The molecule has 2 atom stereocenters. The molecule has 0 amide bonds. The molecule has 304 valence electrons. The number of fused-ring (bicyclic) bond motifs is 6. The van der Waals surface area contributed by atoms with Crippen molar-refractivity contribution in [2.45, 2.75) is 181 Å². The third-order valence-electron chi connectivity index (χ3n) is 13.5. The average Bonchev–Trinajstić information content (AvgIpc) is 3.62. The molecule has 0 nitrogen and oxygen atoms in total. The van der Waals surface area contributed by atoms with Crippen LogP contribution in [0.2, 0.25) is 0 Å². The fourth-order valence-corrected chi connectivity index (χ4v) is 10.1. The van der Waals surface area contributed by atoms with Gasteiger partial charge in [0.15, 0.2) is 0 Å². The molecule has 0 saturated heterocycles. The Morgan fingerprint density at radius 2 is 0.719 bits per heavy atom. The maximum Gasteiger partial charge on any atom is 4.00 e. The molecule has 0 radical (unpaired) electrons. The number of halogens is 2. The van der Waals surface area contributed by atoms with E-state index in [2.05, 4.69) is 156 Å². The maximum absolute atomic E-state index is 3.92. The summed E-state index contributed by atoms with van der Waals surface area (Å²) in [6, 6.07) is 31.7. The molecule has 0 aromatic heterocycles. The van der Waals surface area contributed by atoms with Gasteiger partial charge in [-0.2, -0.15) is 47.5 Å². The Balaban J connectivity index is 0.000000240. The van der Waals surface area contributed by atoms with Crippen molar-refractivity contribution >= 4 is 0 Å². The third-order valence-corrected chi connectivity index (χ3v) is 13.5. The molecule has 4 aliphatic rings. The normalized spacial score (nSPS) is 19.4. The van der Waals surface area contributed by atoms with E-state index in [4.69, 9.17) is 0 Å². The van der Waals surface area contributed by atoms with E-state index in [9.17, 15) is 0 Å². The molecule has 4 aromatic rings. The quantitative estimate of drug-likeness (QED) is 0.107. The fraction of sp³-hybridized carbons (Fsp3) is 0.556. The van der Waals surface area contributed by atoms with E-state index in [-0.39, 0.29) is 95.5 Å². The minimum Gasteiger partial charge on any atom is -1.00 e. The first-order valence-corrected chi connectivity index (χ1v) is 21.8. The van der Waals surface area contributed by atoms with Gasteiger partial charge < -0.3 is 48.0 Å². The summed E-state index contributed by atoms with van der Waals surface area (Å²) >= 11 is 0. The Morgan fingerprint density at radius 3 is 1.02 bits per heavy atom. The Bertz CT molecular complexity index is 1710. The fourth-order valence-electron chi connectivity index (χ4n) is 10.1. The van der Waals surface area contributed by atoms with Crippen LogP contribution in [0.5, 0.6) is 0 Å². The molecule has 0 aliphatic heterocycles. The first-order valence-electron chi connectivity index (χ1n) is 21.8. The van der Waals surface area contributed by atoms with Gasteiger partial charge in [-0.05, 0) is 93.3 Å². The third kappa shape index (κ3) is 10.3. The van der Waals surface area contributed by atoms with Crippen molar-refractivity contribution in [3.63, 3.8) is 0 Å². The van der Waals surface area contributed by atoms with Crippen molar-refractivity contribution in [1.29, 1.82) is 0 Å². The van der Waals surface area contributed by atoms with Crippen LogP contribution in [0.25, 0.3) is 22.3 Å². The van der Waals surface area contributed by atoms with E-state index < -0.39 is 0 Å². The molecular formula is C54H70HfI2. The van der Waals surface area contributed by atoms with E-state index >= 15 is 0 Å². The van der Waals surface area contributed by atoms with Crippen LogP contribution in [0.4, 0.5) is 0 Å². The molecule has 2 fully saturated rings. The Morgan fingerprint density at radius 1 is 0.404 bits per heavy atom. The summed E-state index contributed by atoms with van der Waals surface area (Å²) in [5.74, 6) is 2.64. The monoisotopic (exact) mass is 1150 g/mol. The molecule has 8 rings (SSSR count). The van der Waals surface area contributed by atoms with Gasteiger partial charge in [-0.1, -0.05) is 169 Å². The maximum atomic E-state index is 3.92. The van der Waals surface area contributed by atoms with E-state index in [1.54, 1.807) is 11.1 Å². The summed E-state index contributed by atoms with van der Waals surface area (Å²) in [4.78, 5) is 0. The molecule has 0 N–H and O–H groups in total. The van der Waals surface area contributed by atoms with Gasteiger partial charge in [0.25, 0.3) is 0 Å². The van der Waals surface area contributed by atoms with Crippen LogP contribution in [0.15, 0.2) is 60.7 Å². The van der Waals surface area contributed by atoms with Crippen LogP contribution in [0.3, 0.4) is 0 Å². The van der Waals surface area contributed by atoms with Gasteiger partial charge in [0, 0.05) is 0 Å². The molecule has 2 saturated carbocycles. The minimum atomic E-state index is 0. The van der Waals surface area contributed by atoms with Crippen molar-refractivity contribution in [3.8, 4) is 22.3 Å². The number of hydrogen-bond donors (Lipinski definition) is 0. The SMILES string of the molecule is CC(C)(C)c1[c-]c2c(cc1)-c1ccc(C(C)(C)C)cc1C2C1CCCCC1.CC(C)(C)c1[c-]c2c(cc1)-c1ccc(C(C)(C)C)cc1C2C1CCCCC1.[Hf+4].[I-].[I-]. The topological polar surface area (TPSA) is 0 Å². The summed E-state index contributed by atoms with van der Waals surface area (Å²) < 4.78 is 0. The van der Waals surface area contributed by atoms with Crippen molar-refractivity contribution in [3.05, 3.63) is 117 Å². The Hall–Kier alpha value is -0.790. The molecule has 57 heavy (non-hydrogen) atoms. The standard InChI is InChI=1S/2C27H35.Hf.2HI/c2*1-26(2,3)19-12-14-21-22-15-13-20(27(4,5)6)17-24(22)25(23(21)16-19)18-10-8-7-9-11-18;;;/h2*12-16,18,25H,7-11H2,1-6H3;;2*1H/q2*-1;+4;;/p-2. The summed E-state index contributed by atoms with van der Waals surface area (Å²) in [7, 11) is 0. The second-order valence-electron chi connectivity index (χ2n) is 21.8. The van der Waals surface area contributed by atoms with Gasteiger partial charge in [-0.15, -0.1) is 22.3 Å². The predicted molar refractivity (Wildman–Crippen MR) is 233 cm³/mol. The van der Waals surface area contributed by atoms with Crippen LogP contribution >= 0.6 is 0 Å². The number of benzene rings is 4. The number of rotatable bonds is 2. The van der Waals surface area contributed by atoms with Crippen LogP contribution in [0, 0.1) is 24.0 Å². The molecule has 0 spiro atoms. The minimum absolute atomic E-state index is 0. The van der Waals surface area contributed by atoms with Crippen molar-refractivity contribution in [2.75, 3.05) is 0 Å². The largest absolute Gasteiger partial charge is 4.00 e. The first kappa shape index (κ1) is 48.9. The van der Waals surface area contributed by atoms with Gasteiger partial charge >= 0.3 is 25.8 Å². The molecule has 2 unspecified atom stereocenters. The number of hydrogen-bond acceptors (Lipinski definition) is 0. The molecule has 0 heterocycles. The predicted octanol–water partition coefficient (Wildman–Crippen LogP) is 9.55. The Labute approximate surface area is 402 Å². The van der Waals surface area contributed by atoms with Gasteiger partial charge in [0.1, 0.15) is 0 Å². The Kier molecular flexibility index (Phi) is 16.0. The zero-order valence-electron chi connectivity index (χ0n) is 37.4. The molecule has 4 aliphatic carbocycles. The van der Waals surface area contributed by atoms with Crippen LogP contribution < -0.4 is 48.0 Å². The summed E-state index contributed by atoms with van der Waals surface area (Å²) in [5.41, 5.74) is 18.2. The van der Waals surface area contributed by atoms with E-state index in [1.165, 1.54) is 120 Å². The summed E-state index contributed by atoms with van der Waals surface area (Å²) in [5, 5.41) is 0. The van der Waals surface area contributed by atoms with E-state index in [0.717, 1.165) is 11.8 Å². The summed E-state index contributed by atoms with van der Waals surface area (Å²) in [6.45, 7) is 27.8. The van der Waals surface area contributed by atoms with Gasteiger partial charge in [0.05, 0.1) is 0 Å². The molecular weight excluding hydrogens is 1080 g/mol. The molecule has 0 bridgehead atoms. The van der Waals surface area contributed by atoms with Gasteiger partial charge in [-0.3, -0.25) is 0 Å². The van der Waals surface area contributed by atoms with E-state index in [0.29, 0.717) is 11.8 Å². The van der Waals surface area contributed by atoms with Gasteiger partial charge in [0.2, 0.25) is 0 Å². The zero-order valence-corrected chi connectivity index (χ0v) is 45.3. The zero-order chi connectivity index (χ0) is 38.8. The second-order valence-corrected chi connectivity index (χ2v) is 21.8. The van der Waals surface area contributed by atoms with E-state index in [1.807, 2.05) is 0 Å². The van der Waals surface area contributed by atoms with Crippen LogP contribution in [-0.2, 0) is 47.5 Å². The average molecular weight is 1150 g/mol. The van der Waals surface area contributed by atoms with Crippen LogP contribution in [-0.4, -0.2) is 0 Å². The van der Waals surface area contributed by atoms with Gasteiger partial charge in [-0.25, -0.2) is 0 Å². The van der Waals surface area contributed by atoms with Crippen molar-refractivity contribution in [2.24, 2.45) is 11.8 Å². The van der Waals surface area contributed by atoms with Crippen molar-refractivity contribution in [1.82, 2.24) is 0 Å². The second kappa shape index (κ2) is 18.7. The van der Waals surface area contributed by atoms with Crippen LogP contribution in [0.1, 0.15) is 204 Å². The molecule has 4 aromatic carbocycles. The van der Waals surface area contributed by atoms with Crippen molar-refractivity contribution < 1.29 is 73.8 Å². The first-order chi connectivity index (χ1) is 25.3. The summed E-state index contributed by atoms with van der Waals surface area (Å²) in [6.07, 6.45) is 13.9. The smallest absolute Gasteiger partial charge is 1.00 e.